The fourth-order valence-corrected chi connectivity index (χ4v) is 4.94. The molecule has 0 aromatic heterocycles. The molecule has 0 N–H and O–H groups in total. The molecule has 1 atom stereocenters. The number of thioether (sulfide) groups is 1. The van der Waals surface area contributed by atoms with Crippen molar-refractivity contribution in [3.63, 3.8) is 0 Å². The van der Waals surface area contributed by atoms with Gasteiger partial charge in [-0.25, -0.2) is 4.39 Å². The van der Waals surface area contributed by atoms with Gasteiger partial charge in [0.2, 0.25) is 5.91 Å². The molecule has 154 valence electrons. The predicted octanol–water partition coefficient (Wildman–Crippen LogP) is 4.06. The molecule has 1 saturated heterocycles. The molecule has 0 spiro atoms. The highest BCUT2D eigenvalue weighted by Gasteiger charge is 2.39. The minimum absolute atomic E-state index is 0.0997. The molecule has 8 heteroatoms. The molecule has 0 saturated carbocycles. The molecule has 2 aromatic carbocycles. The summed E-state index contributed by atoms with van der Waals surface area (Å²) < 4.78 is 24.9. The van der Waals surface area contributed by atoms with Gasteiger partial charge in [-0.15, -0.1) is 0 Å². The maximum absolute atomic E-state index is 14.2. The maximum Gasteiger partial charge on any atom is 0.229 e. The first-order valence-corrected chi connectivity index (χ1v) is 10.3. The lowest BCUT2D eigenvalue weighted by Gasteiger charge is -2.42. The number of ether oxygens (including phenoxy) is 2. The summed E-state index contributed by atoms with van der Waals surface area (Å²) in [7, 11) is 3.11. The highest BCUT2D eigenvalue weighted by molar-refractivity contribution is 8.03. The SMILES string of the molecule is COc1ccc([C@H]2CC(=O)N3CN(c4ccccc4F)CSC3=C2C#N)cc1OC. The highest BCUT2D eigenvalue weighted by atomic mass is 32.2. The number of nitriles is 1. The number of carbonyl (C=O) groups is 1. The number of carbonyl (C=O) groups excluding carboxylic acids is 1. The second-order valence-corrected chi connectivity index (χ2v) is 7.86. The van der Waals surface area contributed by atoms with Crippen LogP contribution in [0.3, 0.4) is 0 Å². The zero-order valence-corrected chi connectivity index (χ0v) is 17.4. The average Bonchev–Trinajstić information content (AvgIpc) is 2.78. The molecule has 0 unspecified atom stereocenters. The Kier molecular flexibility index (Phi) is 5.55. The molecule has 6 nitrogen and oxygen atoms in total. The van der Waals surface area contributed by atoms with E-state index in [-0.39, 0.29) is 30.7 Å². The fourth-order valence-electron chi connectivity index (χ4n) is 3.78. The van der Waals surface area contributed by atoms with Crippen molar-refractivity contribution < 1.29 is 18.7 Å². The van der Waals surface area contributed by atoms with E-state index in [4.69, 9.17) is 9.47 Å². The molecule has 2 aliphatic heterocycles. The molecule has 0 aliphatic carbocycles. The number of hydrogen-bond acceptors (Lipinski definition) is 6. The standard InChI is InChI=1S/C22H20FN3O3S/c1-28-19-8-7-14(9-20(19)29-2)15-10-21(27)26-12-25(13-30-22(26)16(15)11-24)18-6-4-3-5-17(18)23/h3-9,15H,10,12-13H2,1-2H3/t15-/m1/s1. The molecule has 2 aromatic rings. The van der Waals surface area contributed by atoms with Crippen LogP contribution in [-0.2, 0) is 4.79 Å². The van der Waals surface area contributed by atoms with Gasteiger partial charge in [-0.2, -0.15) is 5.26 Å². The first-order chi connectivity index (χ1) is 14.6. The Bertz CT molecular complexity index is 1070. The van der Waals surface area contributed by atoms with Gasteiger partial charge in [0.1, 0.15) is 5.82 Å². The number of anilines is 1. The van der Waals surface area contributed by atoms with E-state index in [9.17, 15) is 14.4 Å². The lowest BCUT2D eigenvalue weighted by molar-refractivity contribution is -0.129. The summed E-state index contributed by atoms with van der Waals surface area (Å²) >= 11 is 1.38. The van der Waals surface area contributed by atoms with E-state index in [0.29, 0.717) is 33.7 Å². The number of para-hydroxylation sites is 1. The number of allylic oxidation sites excluding steroid dienone is 1. The first-order valence-electron chi connectivity index (χ1n) is 9.36. The molecule has 4 rings (SSSR count). The maximum atomic E-state index is 14.2. The summed E-state index contributed by atoms with van der Waals surface area (Å²) in [6.45, 7) is 0.214. The molecule has 0 radical (unpaired) electrons. The molecular formula is C22H20FN3O3S. The normalized spacial score (nSPS) is 18.7. The van der Waals surface area contributed by atoms with Crippen molar-refractivity contribution in [1.29, 1.82) is 5.26 Å². The summed E-state index contributed by atoms with van der Waals surface area (Å²) in [5, 5.41) is 10.6. The number of amides is 1. The van der Waals surface area contributed by atoms with Crippen LogP contribution in [0.15, 0.2) is 53.1 Å². The van der Waals surface area contributed by atoms with Crippen molar-refractivity contribution in [3.05, 3.63) is 64.4 Å². The Labute approximate surface area is 178 Å². The zero-order valence-electron chi connectivity index (χ0n) is 16.6. The van der Waals surface area contributed by atoms with Gasteiger partial charge in [0.15, 0.2) is 11.5 Å². The number of halogens is 1. The molecule has 2 heterocycles. The number of rotatable bonds is 4. The highest BCUT2D eigenvalue weighted by Crippen LogP contribution is 2.44. The average molecular weight is 425 g/mol. The second-order valence-electron chi connectivity index (χ2n) is 6.93. The monoisotopic (exact) mass is 425 g/mol. The molecular weight excluding hydrogens is 405 g/mol. The topological polar surface area (TPSA) is 65.8 Å². The number of nitrogens with zero attached hydrogens (tertiary/aromatic N) is 3. The van der Waals surface area contributed by atoms with Crippen LogP contribution in [0.25, 0.3) is 0 Å². The van der Waals surface area contributed by atoms with Crippen LogP contribution in [0.2, 0.25) is 0 Å². The first kappa shape index (κ1) is 20.1. The Morgan fingerprint density at radius 3 is 2.63 bits per heavy atom. The Morgan fingerprint density at radius 1 is 1.17 bits per heavy atom. The summed E-state index contributed by atoms with van der Waals surface area (Å²) in [6.07, 6.45) is 0.160. The van der Waals surface area contributed by atoms with Crippen LogP contribution in [-0.4, -0.2) is 37.6 Å². The van der Waals surface area contributed by atoms with Gasteiger partial charge in [-0.3, -0.25) is 9.69 Å². The van der Waals surface area contributed by atoms with Crippen molar-refractivity contribution in [1.82, 2.24) is 4.90 Å². The second kappa shape index (κ2) is 8.28. The van der Waals surface area contributed by atoms with Gasteiger partial charge in [0.05, 0.1) is 49.1 Å². The van der Waals surface area contributed by atoms with Crippen molar-refractivity contribution in [2.24, 2.45) is 0 Å². The van der Waals surface area contributed by atoms with Crippen molar-refractivity contribution in [3.8, 4) is 17.6 Å². The van der Waals surface area contributed by atoms with Crippen LogP contribution in [0.4, 0.5) is 10.1 Å². The Hall–Kier alpha value is -3.18. The number of fused-ring (bicyclic) bond motifs is 1. The lowest BCUT2D eigenvalue weighted by atomic mass is 9.86. The molecule has 1 fully saturated rings. The third kappa shape index (κ3) is 3.46. The molecule has 0 bridgehead atoms. The number of hydrogen-bond donors (Lipinski definition) is 0. The third-order valence-electron chi connectivity index (χ3n) is 5.30. The van der Waals surface area contributed by atoms with Crippen LogP contribution in [0, 0.1) is 17.1 Å². The summed E-state index contributed by atoms with van der Waals surface area (Å²) in [4.78, 5) is 16.4. The van der Waals surface area contributed by atoms with E-state index in [0.717, 1.165) is 5.56 Å². The van der Waals surface area contributed by atoms with Gasteiger partial charge in [-0.1, -0.05) is 30.0 Å². The van der Waals surface area contributed by atoms with Gasteiger partial charge >= 0.3 is 0 Å². The van der Waals surface area contributed by atoms with E-state index < -0.39 is 0 Å². The summed E-state index contributed by atoms with van der Waals surface area (Å²) in [5.74, 6) is 0.791. The van der Waals surface area contributed by atoms with Crippen LogP contribution >= 0.6 is 11.8 Å². The minimum Gasteiger partial charge on any atom is -0.493 e. The summed E-state index contributed by atoms with van der Waals surface area (Å²) in [6, 6.07) is 14.2. The lowest BCUT2D eigenvalue weighted by Crippen LogP contribution is -2.47. The van der Waals surface area contributed by atoms with Crippen molar-refractivity contribution >= 4 is 23.4 Å². The van der Waals surface area contributed by atoms with E-state index in [1.807, 2.05) is 12.1 Å². The van der Waals surface area contributed by atoms with Crippen LogP contribution < -0.4 is 14.4 Å². The van der Waals surface area contributed by atoms with Gasteiger partial charge < -0.3 is 14.4 Å². The smallest absolute Gasteiger partial charge is 0.229 e. The van der Waals surface area contributed by atoms with E-state index in [1.165, 1.54) is 17.8 Å². The van der Waals surface area contributed by atoms with Gasteiger partial charge in [0, 0.05) is 12.3 Å². The summed E-state index contributed by atoms with van der Waals surface area (Å²) in [5.41, 5.74) is 1.80. The van der Waals surface area contributed by atoms with E-state index in [2.05, 4.69) is 6.07 Å². The fraction of sp³-hybridized carbons (Fsp3) is 0.273. The van der Waals surface area contributed by atoms with Crippen LogP contribution in [0.1, 0.15) is 17.9 Å². The predicted molar refractivity (Wildman–Crippen MR) is 113 cm³/mol. The number of benzene rings is 2. The number of methoxy groups -OCH3 is 2. The van der Waals surface area contributed by atoms with Crippen molar-refractivity contribution in [2.45, 2.75) is 12.3 Å². The van der Waals surface area contributed by atoms with Crippen molar-refractivity contribution in [2.75, 3.05) is 31.7 Å². The van der Waals surface area contributed by atoms with Gasteiger partial charge in [0.25, 0.3) is 0 Å². The van der Waals surface area contributed by atoms with E-state index >= 15 is 0 Å². The molecule has 1 amide bonds. The van der Waals surface area contributed by atoms with Crippen LogP contribution in [0.5, 0.6) is 11.5 Å². The largest absolute Gasteiger partial charge is 0.493 e. The Balaban J connectivity index is 1.68. The zero-order chi connectivity index (χ0) is 21.3. The quantitative estimate of drug-likeness (QED) is 0.736. The molecule has 2 aliphatic rings. The van der Waals surface area contributed by atoms with Gasteiger partial charge in [-0.05, 0) is 29.8 Å². The third-order valence-corrected chi connectivity index (χ3v) is 6.45. The van der Waals surface area contributed by atoms with E-state index in [1.54, 1.807) is 48.3 Å². The minimum atomic E-state index is -0.360. The molecule has 30 heavy (non-hydrogen) atoms. The Morgan fingerprint density at radius 2 is 1.93 bits per heavy atom.